The van der Waals surface area contributed by atoms with E-state index in [2.05, 4.69) is 0 Å². The summed E-state index contributed by atoms with van der Waals surface area (Å²) in [6.07, 6.45) is 0.869. The summed E-state index contributed by atoms with van der Waals surface area (Å²) < 4.78 is 5.16. The molecule has 1 saturated heterocycles. The van der Waals surface area contributed by atoms with Crippen LogP contribution in [0.3, 0.4) is 0 Å². The van der Waals surface area contributed by atoms with Gasteiger partial charge in [0.1, 0.15) is 11.8 Å². The number of amides is 2. The standard InChI is InChI=1S/C12H14N2O3/c13-11(15)10-7-4-8-14(10)12(16)17-9-5-2-1-3-6-9/h1-3,5-6,10H,4,7-8H2,(H2,13,15). The van der Waals surface area contributed by atoms with Crippen LogP contribution in [0.15, 0.2) is 30.3 Å². The summed E-state index contributed by atoms with van der Waals surface area (Å²) in [5.74, 6) is -0.0138. The summed E-state index contributed by atoms with van der Waals surface area (Å²) in [7, 11) is 0. The van der Waals surface area contributed by atoms with Gasteiger partial charge in [0.05, 0.1) is 0 Å². The fourth-order valence-corrected chi connectivity index (χ4v) is 1.93. The molecule has 2 N–H and O–H groups in total. The van der Waals surface area contributed by atoms with E-state index in [1.54, 1.807) is 24.3 Å². The molecule has 0 radical (unpaired) electrons. The van der Waals surface area contributed by atoms with Crippen molar-refractivity contribution in [3.05, 3.63) is 30.3 Å². The molecular weight excluding hydrogens is 220 g/mol. The molecule has 1 atom stereocenters. The van der Waals surface area contributed by atoms with Crippen LogP contribution in [0.5, 0.6) is 5.75 Å². The molecule has 1 unspecified atom stereocenters. The molecule has 90 valence electrons. The fourth-order valence-electron chi connectivity index (χ4n) is 1.93. The predicted molar refractivity (Wildman–Crippen MR) is 61.4 cm³/mol. The minimum atomic E-state index is -0.536. The highest BCUT2D eigenvalue weighted by Gasteiger charge is 2.33. The fraction of sp³-hybridized carbons (Fsp3) is 0.333. The van der Waals surface area contributed by atoms with Gasteiger partial charge in [-0.1, -0.05) is 18.2 Å². The Hall–Kier alpha value is -2.04. The Morgan fingerprint density at radius 1 is 1.29 bits per heavy atom. The van der Waals surface area contributed by atoms with Crippen LogP contribution in [-0.4, -0.2) is 29.5 Å². The van der Waals surface area contributed by atoms with Crippen molar-refractivity contribution >= 4 is 12.0 Å². The monoisotopic (exact) mass is 234 g/mol. The third kappa shape index (κ3) is 2.55. The molecule has 1 heterocycles. The molecule has 0 aromatic heterocycles. The van der Waals surface area contributed by atoms with Crippen molar-refractivity contribution in [3.63, 3.8) is 0 Å². The van der Waals surface area contributed by atoms with E-state index in [1.807, 2.05) is 6.07 Å². The summed E-state index contributed by atoms with van der Waals surface area (Å²) in [6, 6.07) is 8.22. The zero-order chi connectivity index (χ0) is 12.3. The third-order valence-electron chi connectivity index (χ3n) is 2.76. The molecule has 2 rings (SSSR count). The van der Waals surface area contributed by atoms with Gasteiger partial charge in [-0.25, -0.2) is 4.79 Å². The molecule has 0 spiro atoms. The van der Waals surface area contributed by atoms with Gasteiger partial charge in [-0.05, 0) is 25.0 Å². The lowest BCUT2D eigenvalue weighted by Crippen LogP contribution is -2.44. The van der Waals surface area contributed by atoms with Crippen LogP contribution in [0.4, 0.5) is 4.79 Å². The zero-order valence-corrected chi connectivity index (χ0v) is 9.33. The number of primary amides is 1. The molecule has 5 heteroatoms. The molecular formula is C12H14N2O3. The second-order valence-electron chi connectivity index (χ2n) is 3.93. The van der Waals surface area contributed by atoms with Gasteiger partial charge in [0.2, 0.25) is 5.91 Å². The lowest BCUT2D eigenvalue weighted by molar-refractivity contribution is -0.121. The number of carbonyl (C=O) groups is 2. The molecule has 0 saturated carbocycles. The number of likely N-dealkylation sites (tertiary alicyclic amines) is 1. The summed E-state index contributed by atoms with van der Waals surface area (Å²) in [5, 5.41) is 0. The van der Waals surface area contributed by atoms with Gasteiger partial charge in [0.15, 0.2) is 0 Å². The zero-order valence-electron chi connectivity index (χ0n) is 9.33. The van der Waals surface area contributed by atoms with Crippen LogP contribution < -0.4 is 10.5 Å². The highest BCUT2D eigenvalue weighted by Crippen LogP contribution is 2.19. The Balaban J connectivity index is 2.03. The average molecular weight is 234 g/mol. The second kappa shape index (κ2) is 4.86. The molecule has 1 aliphatic heterocycles. The molecule has 0 bridgehead atoms. The molecule has 2 amide bonds. The van der Waals surface area contributed by atoms with Crippen molar-refractivity contribution in [2.75, 3.05) is 6.54 Å². The van der Waals surface area contributed by atoms with E-state index in [4.69, 9.17) is 10.5 Å². The first-order valence-corrected chi connectivity index (χ1v) is 5.51. The molecule has 5 nitrogen and oxygen atoms in total. The van der Waals surface area contributed by atoms with Gasteiger partial charge < -0.3 is 10.5 Å². The number of benzene rings is 1. The molecule has 1 fully saturated rings. The van der Waals surface area contributed by atoms with Crippen LogP contribution in [0, 0.1) is 0 Å². The van der Waals surface area contributed by atoms with Crippen LogP contribution in [0.25, 0.3) is 0 Å². The SMILES string of the molecule is NC(=O)C1CCCN1C(=O)Oc1ccccc1. The van der Waals surface area contributed by atoms with E-state index in [0.29, 0.717) is 18.7 Å². The van der Waals surface area contributed by atoms with Gasteiger partial charge in [-0.15, -0.1) is 0 Å². The van der Waals surface area contributed by atoms with Gasteiger partial charge in [0, 0.05) is 6.54 Å². The second-order valence-corrected chi connectivity index (χ2v) is 3.93. The maximum absolute atomic E-state index is 11.8. The predicted octanol–water partition coefficient (Wildman–Crippen LogP) is 1.14. The van der Waals surface area contributed by atoms with Crippen molar-refractivity contribution in [2.45, 2.75) is 18.9 Å². The Kier molecular flexibility index (Phi) is 3.27. The van der Waals surface area contributed by atoms with E-state index in [0.717, 1.165) is 6.42 Å². The number of nitrogens with two attached hydrogens (primary N) is 1. The Bertz CT molecular complexity index is 419. The topological polar surface area (TPSA) is 72.6 Å². The van der Waals surface area contributed by atoms with Crippen molar-refractivity contribution in [1.82, 2.24) is 4.90 Å². The summed E-state index contributed by atoms with van der Waals surface area (Å²) >= 11 is 0. The first kappa shape index (κ1) is 11.4. The van der Waals surface area contributed by atoms with E-state index in [-0.39, 0.29) is 0 Å². The van der Waals surface area contributed by atoms with Gasteiger partial charge in [0.25, 0.3) is 0 Å². The van der Waals surface area contributed by atoms with Crippen LogP contribution in [0.1, 0.15) is 12.8 Å². The van der Waals surface area contributed by atoms with E-state index < -0.39 is 18.0 Å². The largest absolute Gasteiger partial charge is 0.415 e. The van der Waals surface area contributed by atoms with E-state index in [9.17, 15) is 9.59 Å². The number of hydrogen-bond donors (Lipinski definition) is 1. The molecule has 17 heavy (non-hydrogen) atoms. The lowest BCUT2D eigenvalue weighted by atomic mass is 10.2. The average Bonchev–Trinajstić information content (AvgIpc) is 2.79. The lowest BCUT2D eigenvalue weighted by Gasteiger charge is -2.21. The first-order chi connectivity index (χ1) is 8.18. The van der Waals surface area contributed by atoms with E-state index in [1.165, 1.54) is 4.90 Å². The molecule has 1 aromatic rings. The summed E-state index contributed by atoms with van der Waals surface area (Å²) in [4.78, 5) is 24.4. The number of carbonyl (C=O) groups excluding carboxylic acids is 2. The Morgan fingerprint density at radius 2 is 2.00 bits per heavy atom. The van der Waals surface area contributed by atoms with Crippen molar-refractivity contribution < 1.29 is 14.3 Å². The van der Waals surface area contributed by atoms with Crippen LogP contribution in [-0.2, 0) is 4.79 Å². The number of ether oxygens (including phenoxy) is 1. The molecule has 1 aliphatic rings. The third-order valence-corrected chi connectivity index (χ3v) is 2.76. The van der Waals surface area contributed by atoms with Crippen molar-refractivity contribution in [2.24, 2.45) is 5.73 Å². The minimum absolute atomic E-state index is 0.465. The maximum Gasteiger partial charge on any atom is 0.415 e. The molecule has 1 aromatic carbocycles. The Morgan fingerprint density at radius 3 is 2.65 bits per heavy atom. The van der Waals surface area contributed by atoms with Gasteiger partial charge >= 0.3 is 6.09 Å². The van der Waals surface area contributed by atoms with Crippen molar-refractivity contribution in [1.29, 1.82) is 0 Å². The number of nitrogens with zero attached hydrogens (tertiary/aromatic N) is 1. The normalized spacial score (nSPS) is 19.1. The first-order valence-electron chi connectivity index (χ1n) is 5.51. The van der Waals surface area contributed by atoms with Crippen LogP contribution in [0.2, 0.25) is 0 Å². The Labute approximate surface area is 99.2 Å². The molecule has 0 aliphatic carbocycles. The van der Waals surface area contributed by atoms with E-state index >= 15 is 0 Å². The summed E-state index contributed by atoms with van der Waals surface area (Å²) in [6.45, 7) is 0.513. The van der Waals surface area contributed by atoms with Gasteiger partial charge in [-0.2, -0.15) is 0 Å². The summed E-state index contributed by atoms with van der Waals surface area (Å²) in [5.41, 5.74) is 5.23. The van der Waals surface area contributed by atoms with Crippen LogP contribution >= 0.6 is 0 Å². The number of para-hydroxylation sites is 1. The highest BCUT2D eigenvalue weighted by atomic mass is 16.6. The quantitative estimate of drug-likeness (QED) is 0.833. The smallest absolute Gasteiger partial charge is 0.410 e. The highest BCUT2D eigenvalue weighted by molar-refractivity contribution is 5.85. The number of hydrogen-bond acceptors (Lipinski definition) is 3. The van der Waals surface area contributed by atoms with Crippen molar-refractivity contribution in [3.8, 4) is 5.75 Å². The number of rotatable bonds is 2. The van der Waals surface area contributed by atoms with Gasteiger partial charge in [-0.3, -0.25) is 9.69 Å². The maximum atomic E-state index is 11.8. The minimum Gasteiger partial charge on any atom is -0.410 e.